The van der Waals surface area contributed by atoms with E-state index < -0.39 is 11.9 Å². The number of nitrogens with zero attached hydrogens (tertiary/aromatic N) is 1. The highest BCUT2D eigenvalue weighted by Gasteiger charge is 2.21. The summed E-state index contributed by atoms with van der Waals surface area (Å²) in [5.74, 6) is -0.225. The summed E-state index contributed by atoms with van der Waals surface area (Å²) in [7, 11) is 0. The molecule has 1 saturated heterocycles. The fourth-order valence-corrected chi connectivity index (χ4v) is 2.29. The molecule has 1 aliphatic heterocycles. The number of hydrogen-bond acceptors (Lipinski definition) is 3. The Morgan fingerprint density at radius 1 is 1.17 bits per heavy atom. The monoisotopic (exact) mass is 255 g/mol. The molecule has 0 aromatic rings. The molecule has 18 heavy (non-hydrogen) atoms. The van der Waals surface area contributed by atoms with E-state index in [1.54, 1.807) is 0 Å². The average Bonchev–Trinajstić information content (AvgIpc) is 2.56. The second-order valence-corrected chi connectivity index (χ2v) is 5.30. The van der Waals surface area contributed by atoms with Crippen molar-refractivity contribution >= 4 is 11.8 Å². The molecule has 0 radical (unpaired) electrons. The molecule has 0 saturated carbocycles. The normalized spacial score (nSPS) is 18.5. The van der Waals surface area contributed by atoms with E-state index in [-0.39, 0.29) is 18.4 Å². The topological polar surface area (TPSA) is 75.4 Å². The Morgan fingerprint density at radius 3 is 2.17 bits per heavy atom. The maximum atomic E-state index is 12.0. The van der Waals surface area contributed by atoms with Crippen molar-refractivity contribution in [3.05, 3.63) is 0 Å². The molecule has 1 heterocycles. The van der Waals surface area contributed by atoms with Gasteiger partial charge >= 0.3 is 0 Å². The molecule has 3 N–H and O–H groups in total. The molecule has 0 spiro atoms. The summed E-state index contributed by atoms with van der Waals surface area (Å²) in [5.41, 5.74) is 5.30. The number of rotatable bonds is 5. The van der Waals surface area contributed by atoms with Crippen molar-refractivity contribution in [1.82, 2.24) is 10.2 Å². The van der Waals surface area contributed by atoms with E-state index in [1.807, 2.05) is 18.7 Å². The van der Waals surface area contributed by atoms with Gasteiger partial charge in [0, 0.05) is 13.1 Å². The minimum atomic E-state index is -0.430. The standard InChI is InChI=1S/C13H25N3O2/c1-10(2)12(13(14)18)15-9-11(17)16-7-5-3-4-6-8-16/h10,12,15H,3-9H2,1-2H3,(H2,14,18). The van der Waals surface area contributed by atoms with Gasteiger partial charge in [-0.15, -0.1) is 0 Å². The van der Waals surface area contributed by atoms with Crippen molar-refractivity contribution in [2.45, 2.75) is 45.6 Å². The summed E-state index contributed by atoms with van der Waals surface area (Å²) < 4.78 is 0. The van der Waals surface area contributed by atoms with Crippen molar-refractivity contribution in [2.24, 2.45) is 11.7 Å². The van der Waals surface area contributed by atoms with Gasteiger partial charge in [0.1, 0.15) is 0 Å². The van der Waals surface area contributed by atoms with Crippen LogP contribution in [-0.2, 0) is 9.59 Å². The van der Waals surface area contributed by atoms with E-state index in [1.165, 1.54) is 12.8 Å². The molecular weight excluding hydrogens is 230 g/mol. The fourth-order valence-electron chi connectivity index (χ4n) is 2.29. The highest BCUT2D eigenvalue weighted by molar-refractivity contribution is 5.82. The number of amides is 2. The lowest BCUT2D eigenvalue weighted by molar-refractivity contribution is -0.130. The van der Waals surface area contributed by atoms with Crippen LogP contribution in [0.3, 0.4) is 0 Å². The van der Waals surface area contributed by atoms with Crippen LogP contribution in [0.1, 0.15) is 39.5 Å². The van der Waals surface area contributed by atoms with Crippen LogP contribution < -0.4 is 11.1 Å². The zero-order valence-electron chi connectivity index (χ0n) is 11.4. The highest BCUT2D eigenvalue weighted by Crippen LogP contribution is 2.09. The second-order valence-electron chi connectivity index (χ2n) is 5.30. The van der Waals surface area contributed by atoms with Crippen LogP contribution >= 0.6 is 0 Å². The summed E-state index contributed by atoms with van der Waals surface area (Å²) in [5, 5.41) is 2.97. The molecule has 0 aliphatic carbocycles. The largest absolute Gasteiger partial charge is 0.368 e. The number of hydrogen-bond donors (Lipinski definition) is 2. The second kappa shape index (κ2) is 7.36. The van der Waals surface area contributed by atoms with E-state index in [2.05, 4.69) is 5.32 Å². The molecular formula is C13H25N3O2. The predicted molar refractivity (Wildman–Crippen MR) is 70.9 cm³/mol. The summed E-state index contributed by atoms with van der Waals surface area (Å²) in [6.45, 7) is 5.70. The van der Waals surface area contributed by atoms with Crippen LogP contribution in [0.15, 0.2) is 0 Å². The Balaban J connectivity index is 2.41. The zero-order valence-corrected chi connectivity index (χ0v) is 11.4. The van der Waals surface area contributed by atoms with Crippen molar-refractivity contribution in [1.29, 1.82) is 0 Å². The smallest absolute Gasteiger partial charge is 0.236 e. The minimum Gasteiger partial charge on any atom is -0.368 e. The molecule has 1 unspecified atom stereocenters. The summed E-state index contributed by atoms with van der Waals surface area (Å²) in [4.78, 5) is 25.1. The van der Waals surface area contributed by atoms with Crippen LogP contribution in [0, 0.1) is 5.92 Å². The van der Waals surface area contributed by atoms with Gasteiger partial charge in [-0.05, 0) is 18.8 Å². The van der Waals surface area contributed by atoms with Crippen LogP contribution in [0.4, 0.5) is 0 Å². The molecule has 5 nitrogen and oxygen atoms in total. The molecule has 1 atom stereocenters. The van der Waals surface area contributed by atoms with Gasteiger partial charge in [0.25, 0.3) is 0 Å². The number of carbonyl (C=O) groups is 2. The quantitative estimate of drug-likeness (QED) is 0.750. The SMILES string of the molecule is CC(C)C(NCC(=O)N1CCCCCC1)C(N)=O. The van der Waals surface area contributed by atoms with E-state index in [4.69, 9.17) is 5.73 Å². The van der Waals surface area contributed by atoms with E-state index in [9.17, 15) is 9.59 Å². The molecule has 0 aromatic heterocycles. The van der Waals surface area contributed by atoms with Gasteiger partial charge in [-0.3, -0.25) is 14.9 Å². The van der Waals surface area contributed by atoms with Gasteiger partial charge in [0.2, 0.25) is 11.8 Å². The number of nitrogens with two attached hydrogens (primary N) is 1. The molecule has 1 rings (SSSR count). The third kappa shape index (κ3) is 4.64. The van der Waals surface area contributed by atoms with Crippen LogP contribution in [0.25, 0.3) is 0 Å². The Morgan fingerprint density at radius 2 is 1.72 bits per heavy atom. The fraction of sp³-hybridized carbons (Fsp3) is 0.846. The Hall–Kier alpha value is -1.10. The third-order valence-corrected chi connectivity index (χ3v) is 3.41. The van der Waals surface area contributed by atoms with Crippen LogP contribution in [-0.4, -0.2) is 42.4 Å². The first-order valence-corrected chi connectivity index (χ1v) is 6.83. The Labute approximate surface area is 109 Å². The first kappa shape index (κ1) is 15.0. The molecule has 104 valence electrons. The molecule has 0 bridgehead atoms. The average molecular weight is 255 g/mol. The minimum absolute atomic E-state index is 0.0730. The van der Waals surface area contributed by atoms with Crippen molar-refractivity contribution in [3.8, 4) is 0 Å². The van der Waals surface area contributed by atoms with Crippen LogP contribution in [0.5, 0.6) is 0 Å². The van der Waals surface area contributed by atoms with Gasteiger partial charge in [0.15, 0.2) is 0 Å². The molecule has 2 amide bonds. The Kier molecular flexibility index (Phi) is 6.12. The predicted octanol–water partition coefficient (Wildman–Crippen LogP) is 0.489. The highest BCUT2D eigenvalue weighted by atomic mass is 16.2. The van der Waals surface area contributed by atoms with E-state index in [0.29, 0.717) is 0 Å². The molecule has 1 fully saturated rings. The van der Waals surface area contributed by atoms with Gasteiger partial charge in [-0.1, -0.05) is 26.7 Å². The molecule has 5 heteroatoms. The molecule has 1 aliphatic rings. The number of carbonyl (C=O) groups excluding carboxylic acids is 2. The van der Waals surface area contributed by atoms with Gasteiger partial charge in [-0.25, -0.2) is 0 Å². The molecule has 0 aromatic carbocycles. The summed E-state index contributed by atoms with van der Waals surface area (Å²) in [6, 6.07) is -0.430. The third-order valence-electron chi connectivity index (χ3n) is 3.41. The summed E-state index contributed by atoms with van der Waals surface area (Å²) in [6.07, 6.45) is 4.56. The number of likely N-dealkylation sites (tertiary alicyclic amines) is 1. The Bertz CT molecular complexity index is 284. The number of primary amides is 1. The van der Waals surface area contributed by atoms with E-state index in [0.717, 1.165) is 25.9 Å². The number of nitrogens with one attached hydrogen (secondary N) is 1. The van der Waals surface area contributed by atoms with Crippen molar-refractivity contribution in [3.63, 3.8) is 0 Å². The maximum Gasteiger partial charge on any atom is 0.236 e. The first-order chi connectivity index (χ1) is 8.52. The van der Waals surface area contributed by atoms with Crippen molar-refractivity contribution in [2.75, 3.05) is 19.6 Å². The van der Waals surface area contributed by atoms with Gasteiger partial charge < -0.3 is 10.6 Å². The van der Waals surface area contributed by atoms with E-state index >= 15 is 0 Å². The maximum absolute atomic E-state index is 12.0. The van der Waals surface area contributed by atoms with Gasteiger partial charge in [0.05, 0.1) is 12.6 Å². The first-order valence-electron chi connectivity index (χ1n) is 6.83. The van der Waals surface area contributed by atoms with Gasteiger partial charge in [-0.2, -0.15) is 0 Å². The lowest BCUT2D eigenvalue weighted by atomic mass is 10.0. The van der Waals surface area contributed by atoms with Crippen molar-refractivity contribution < 1.29 is 9.59 Å². The lowest BCUT2D eigenvalue weighted by Gasteiger charge is -2.23. The zero-order chi connectivity index (χ0) is 13.5. The lowest BCUT2D eigenvalue weighted by Crippen LogP contribution is -2.49. The van der Waals surface area contributed by atoms with Crippen LogP contribution in [0.2, 0.25) is 0 Å². The summed E-state index contributed by atoms with van der Waals surface area (Å²) >= 11 is 0.